The number of aliphatic hydroxyl groups excluding tert-OH is 1. The molecule has 1 saturated carbocycles. The van der Waals surface area contributed by atoms with Crippen LogP contribution in [0.1, 0.15) is 37.4 Å². The predicted molar refractivity (Wildman–Crippen MR) is 67.9 cm³/mol. The maximum atomic E-state index is 9.11. The minimum atomic E-state index is 0.0164. The van der Waals surface area contributed by atoms with Crippen molar-refractivity contribution in [2.75, 3.05) is 18.0 Å². The van der Waals surface area contributed by atoms with Crippen molar-refractivity contribution >= 4 is 5.95 Å². The molecule has 1 fully saturated rings. The highest BCUT2D eigenvalue weighted by Crippen LogP contribution is 2.30. The summed E-state index contributed by atoms with van der Waals surface area (Å²) in [5.74, 6) is 1.65. The maximum Gasteiger partial charge on any atom is 0.225 e. The van der Waals surface area contributed by atoms with Gasteiger partial charge in [-0.1, -0.05) is 6.92 Å². The zero-order chi connectivity index (χ0) is 12.3. The summed E-state index contributed by atoms with van der Waals surface area (Å²) in [5.41, 5.74) is 1.70. The van der Waals surface area contributed by atoms with Crippen LogP contribution in [0.25, 0.3) is 0 Å². The van der Waals surface area contributed by atoms with Crippen LogP contribution >= 0.6 is 0 Å². The van der Waals surface area contributed by atoms with Gasteiger partial charge in [0.1, 0.15) is 0 Å². The molecule has 17 heavy (non-hydrogen) atoms. The van der Waals surface area contributed by atoms with Crippen LogP contribution in [0.4, 0.5) is 5.95 Å². The topological polar surface area (TPSA) is 49.2 Å². The van der Waals surface area contributed by atoms with Crippen LogP contribution < -0.4 is 4.90 Å². The Balaban J connectivity index is 2.13. The van der Waals surface area contributed by atoms with Crippen molar-refractivity contribution in [3.8, 4) is 0 Å². The number of rotatable bonds is 6. The quantitative estimate of drug-likeness (QED) is 0.818. The molecule has 4 nitrogen and oxygen atoms in total. The number of aryl methyl sites for hydroxylation is 1. The van der Waals surface area contributed by atoms with Gasteiger partial charge in [-0.3, -0.25) is 0 Å². The third-order valence-corrected chi connectivity index (χ3v) is 3.19. The van der Waals surface area contributed by atoms with Gasteiger partial charge in [0.2, 0.25) is 5.95 Å². The molecule has 0 aliphatic heterocycles. The number of anilines is 1. The van der Waals surface area contributed by atoms with E-state index in [0.29, 0.717) is 0 Å². The number of hydrogen-bond donors (Lipinski definition) is 1. The molecule has 0 radical (unpaired) electrons. The highest BCUT2D eigenvalue weighted by atomic mass is 16.3. The van der Waals surface area contributed by atoms with Crippen LogP contribution in [0.3, 0.4) is 0 Å². The summed E-state index contributed by atoms with van der Waals surface area (Å²) in [6.07, 6.45) is 5.53. The van der Waals surface area contributed by atoms with Crippen molar-refractivity contribution < 1.29 is 5.11 Å². The summed E-state index contributed by atoms with van der Waals surface area (Å²) in [7, 11) is 0. The molecular formula is C13H21N3O. The lowest BCUT2D eigenvalue weighted by Crippen LogP contribution is -2.28. The van der Waals surface area contributed by atoms with Crippen LogP contribution in [0.2, 0.25) is 0 Å². The van der Waals surface area contributed by atoms with Crippen molar-refractivity contribution in [1.29, 1.82) is 0 Å². The first kappa shape index (κ1) is 12.3. The fraction of sp³-hybridized carbons (Fsp3) is 0.692. The van der Waals surface area contributed by atoms with E-state index in [2.05, 4.69) is 21.8 Å². The highest BCUT2D eigenvalue weighted by molar-refractivity contribution is 5.33. The van der Waals surface area contributed by atoms with Gasteiger partial charge in [-0.05, 0) is 32.1 Å². The molecule has 2 rings (SSSR count). The Bertz CT molecular complexity index is 377. The second kappa shape index (κ2) is 5.45. The first-order valence-electron chi connectivity index (χ1n) is 6.43. The largest absolute Gasteiger partial charge is 0.392 e. The second-order valence-electron chi connectivity index (χ2n) is 4.83. The molecule has 1 aliphatic carbocycles. The maximum absolute atomic E-state index is 9.11. The van der Waals surface area contributed by atoms with Crippen molar-refractivity contribution in [2.24, 2.45) is 5.92 Å². The standard InChI is InChI=1S/C13H21N3O/c1-3-6-16(8-11-4-5-11)13-14-7-12(9-17)10(2)15-13/h7,11,17H,3-6,8-9H2,1-2H3. The molecule has 1 aliphatic rings. The molecule has 0 spiro atoms. The first-order valence-corrected chi connectivity index (χ1v) is 6.43. The number of nitrogens with zero attached hydrogens (tertiary/aromatic N) is 3. The van der Waals surface area contributed by atoms with Gasteiger partial charge in [-0.15, -0.1) is 0 Å². The molecule has 1 aromatic heterocycles. The molecule has 1 N–H and O–H groups in total. The van der Waals surface area contributed by atoms with Gasteiger partial charge >= 0.3 is 0 Å². The molecule has 0 bridgehead atoms. The number of aliphatic hydroxyl groups is 1. The van der Waals surface area contributed by atoms with Crippen molar-refractivity contribution in [3.63, 3.8) is 0 Å². The Morgan fingerprint density at radius 3 is 2.76 bits per heavy atom. The SMILES string of the molecule is CCCN(CC1CC1)c1ncc(CO)c(C)n1. The van der Waals surface area contributed by atoms with E-state index in [1.165, 1.54) is 12.8 Å². The van der Waals surface area contributed by atoms with E-state index in [4.69, 9.17) is 5.11 Å². The fourth-order valence-electron chi connectivity index (χ4n) is 1.94. The predicted octanol–water partition coefficient (Wildman–Crippen LogP) is 1.90. The monoisotopic (exact) mass is 235 g/mol. The van der Waals surface area contributed by atoms with Crippen LogP contribution in [-0.4, -0.2) is 28.2 Å². The van der Waals surface area contributed by atoms with Crippen LogP contribution in [0.5, 0.6) is 0 Å². The third kappa shape index (κ3) is 3.16. The first-order chi connectivity index (χ1) is 8.24. The molecule has 0 amide bonds. The van der Waals surface area contributed by atoms with Crippen LogP contribution in [0, 0.1) is 12.8 Å². The smallest absolute Gasteiger partial charge is 0.225 e. The Hall–Kier alpha value is -1.16. The fourth-order valence-corrected chi connectivity index (χ4v) is 1.94. The average molecular weight is 235 g/mol. The Kier molecular flexibility index (Phi) is 3.94. The van der Waals surface area contributed by atoms with Gasteiger partial charge in [0.25, 0.3) is 0 Å². The number of hydrogen-bond acceptors (Lipinski definition) is 4. The molecule has 1 aromatic rings. The summed E-state index contributed by atoms with van der Waals surface area (Å²) in [5, 5.41) is 9.11. The summed E-state index contributed by atoms with van der Waals surface area (Å²) in [6.45, 7) is 6.20. The van der Waals surface area contributed by atoms with Gasteiger partial charge < -0.3 is 10.0 Å². The minimum absolute atomic E-state index is 0.0164. The summed E-state index contributed by atoms with van der Waals surface area (Å²) < 4.78 is 0. The Labute approximate surface area is 103 Å². The number of aromatic nitrogens is 2. The lowest BCUT2D eigenvalue weighted by atomic mass is 10.2. The molecule has 1 heterocycles. The van der Waals surface area contributed by atoms with Crippen LogP contribution in [-0.2, 0) is 6.61 Å². The molecule has 4 heteroatoms. The zero-order valence-corrected chi connectivity index (χ0v) is 10.7. The molecule has 0 saturated heterocycles. The summed E-state index contributed by atoms with van der Waals surface area (Å²) in [6, 6.07) is 0. The van der Waals surface area contributed by atoms with E-state index in [1.807, 2.05) is 6.92 Å². The third-order valence-electron chi connectivity index (χ3n) is 3.19. The lowest BCUT2D eigenvalue weighted by molar-refractivity contribution is 0.280. The molecular weight excluding hydrogens is 214 g/mol. The van der Waals surface area contributed by atoms with E-state index < -0.39 is 0 Å². The Morgan fingerprint density at radius 2 is 2.24 bits per heavy atom. The average Bonchev–Trinajstić information content (AvgIpc) is 3.12. The van der Waals surface area contributed by atoms with Crippen molar-refractivity contribution in [2.45, 2.75) is 39.7 Å². The van der Waals surface area contributed by atoms with Crippen molar-refractivity contribution in [3.05, 3.63) is 17.5 Å². The van der Waals surface area contributed by atoms with Gasteiger partial charge in [0.15, 0.2) is 0 Å². The summed E-state index contributed by atoms with van der Waals surface area (Å²) >= 11 is 0. The highest BCUT2D eigenvalue weighted by Gasteiger charge is 2.25. The summed E-state index contributed by atoms with van der Waals surface area (Å²) in [4.78, 5) is 11.1. The zero-order valence-electron chi connectivity index (χ0n) is 10.7. The Morgan fingerprint density at radius 1 is 1.47 bits per heavy atom. The lowest BCUT2D eigenvalue weighted by Gasteiger charge is -2.22. The van der Waals surface area contributed by atoms with Gasteiger partial charge in [0, 0.05) is 30.5 Å². The van der Waals surface area contributed by atoms with Crippen LogP contribution in [0.15, 0.2) is 6.20 Å². The minimum Gasteiger partial charge on any atom is -0.392 e. The van der Waals surface area contributed by atoms with E-state index in [9.17, 15) is 0 Å². The van der Waals surface area contributed by atoms with E-state index in [0.717, 1.165) is 42.6 Å². The van der Waals surface area contributed by atoms with Gasteiger partial charge in [-0.25, -0.2) is 9.97 Å². The molecule has 94 valence electrons. The van der Waals surface area contributed by atoms with Gasteiger partial charge in [0.05, 0.1) is 6.61 Å². The van der Waals surface area contributed by atoms with E-state index in [-0.39, 0.29) is 6.61 Å². The van der Waals surface area contributed by atoms with Gasteiger partial charge in [-0.2, -0.15) is 0 Å². The molecule has 0 aromatic carbocycles. The molecule has 0 atom stereocenters. The van der Waals surface area contributed by atoms with E-state index >= 15 is 0 Å². The molecule has 0 unspecified atom stereocenters. The van der Waals surface area contributed by atoms with E-state index in [1.54, 1.807) is 6.20 Å². The normalized spacial score (nSPS) is 15.0. The van der Waals surface area contributed by atoms with Crippen molar-refractivity contribution in [1.82, 2.24) is 9.97 Å². The second-order valence-corrected chi connectivity index (χ2v) is 4.83.